The Hall–Kier alpha value is -0.0300. The fourth-order valence-electron chi connectivity index (χ4n) is 1.79. The third-order valence-electron chi connectivity index (χ3n) is 3.03. The number of nitrogens with zero attached hydrogens (tertiary/aromatic N) is 1. The topological polar surface area (TPSA) is 58.4 Å². The summed E-state index contributed by atoms with van der Waals surface area (Å²) < 4.78 is 0. The molecule has 3 N–H and O–H groups in total. The van der Waals surface area contributed by atoms with Crippen molar-refractivity contribution < 1.29 is 4.79 Å². The summed E-state index contributed by atoms with van der Waals surface area (Å²) in [5.41, 5.74) is 5.71. The number of halogens is 2. The smallest absolute Gasteiger partial charge is 0.236 e. The van der Waals surface area contributed by atoms with Crippen molar-refractivity contribution in [2.75, 3.05) is 26.2 Å². The van der Waals surface area contributed by atoms with Gasteiger partial charge in [-0.1, -0.05) is 27.2 Å². The van der Waals surface area contributed by atoms with Crippen LogP contribution in [0, 0.1) is 0 Å². The van der Waals surface area contributed by atoms with Gasteiger partial charge in [-0.2, -0.15) is 0 Å². The molecule has 0 fully saturated rings. The lowest BCUT2D eigenvalue weighted by Crippen LogP contribution is -2.40. The van der Waals surface area contributed by atoms with Crippen molar-refractivity contribution in [3.63, 3.8) is 0 Å². The van der Waals surface area contributed by atoms with Gasteiger partial charge in [0.1, 0.15) is 0 Å². The van der Waals surface area contributed by atoms with Crippen LogP contribution in [0.4, 0.5) is 0 Å². The first-order valence-electron chi connectivity index (χ1n) is 6.91. The van der Waals surface area contributed by atoms with Crippen LogP contribution in [0.2, 0.25) is 0 Å². The highest BCUT2D eigenvalue weighted by Crippen LogP contribution is 1.95. The Labute approximate surface area is 130 Å². The van der Waals surface area contributed by atoms with Gasteiger partial charge in [0.05, 0.1) is 6.04 Å². The minimum absolute atomic E-state index is 0. The van der Waals surface area contributed by atoms with E-state index in [0.717, 1.165) is 51.9 Å². The number of rotatable bonds is 10. The Bertz CT molecular complexity index is 202. The fraction of sp³-hybridized carbons (Fsp3) is 0.923. The molecular formula is C13H31Cl2N3O. The molecule has 0 aromatic heterocycles. The zero-order valence-corrected chi connectivity index (χ0v) is 14.1. The van der Waals surface area contributed by atoms with E-state index >= 15 is 0 Å². The third kappa shape index (κ3) is 12.7. The van der Waals surface area contributed by atoms with E-state index in [-0.39, 0.29) is 36.8 Å². The summed E-state index contributed by atoms with van der Waals surface area (Å²) in [5.74, 6) is -0.00492. The van der Waals surface area contributed by atoms with Crippen molar-refractivity contribution in [2.45, 2.75) is 52.5 Å². The molecule has 0 aliphatic heterocycles. The Balaban J connectivity index is -0.00000128. The molecule has 0 aromatic rings. The minimum Gasteiger partial charge on any atom is -0.355 e. The first-order chi connectivity index (χ1) is 8.15. The Morgan fingerprint density at radius 1 is 1.16 bits per heavy atom. The summed E-state index contributed by atoms with van der Waals surface area (Å²) in [4.78, 5) is 13.9. The van der Waals surface area contributed by atoms with E-state index in [0.29, 0.717) is 0 Å². The maximum Gasteiger partial charge on any atom is 0.236 e. The monoisotopic (exact) mass is 315 g/mol. The van der Waals surface area contributed by atoms with Crippen molar-refractivity contribution in [1.82, 2.24) is 10.2 Å². The first-order valence-corrected chi connectivity index (χ1v) is 6.91. The van der Waals surface area contributed by atoms with E-state index in [4.69, 9.17) is 5.73 Å². The Morgan fingerprint density at radius 2 is 1.74 bits per heavy atom. The van der Waals surface area contributed by atoms with Crippen LogP contribution in [-0.4, -0.2) is 43.0 Å². The molecule has 4 nitrogen and oxygen atoms in total. The minimum atomic E-state index is -0.331. The van der Waals surface area contributed by atoms with Crippen molar-refractivity contribution >= 4 is 30.7 Å². The predicted molar refractivity (Wildman–Crippen MR) is 87.4 cm³/mol. The van der Waals surface area contributed by atoms with Crippen LogP contribution < -0.4 is 11.1 Å². The van der Waals surface area contributed by atoms with Gasteiger partial charge >= 0.3 is 0 Å². The number of unbranched alkanes of at least 4 members (excludes halogenated alkanes) is 1. The number of nitrogens with two attached hydrogens (primary N) is 1. The normalized spacial score (nSPS) is 11.4. The van der Waals surface area contributed by atoms with Crippen LogP contribution in [0.5, 0.6) is 0 Å². The quantitative estimate of drug-likeness (QED) is 0.608. The molecule has 1 atom stereocenters. The Kier molecular flexibility index (Phi) is 20.3. The molecule has 19 heavy (non-hydrogen) atoms. The molecule has 1 unspecified atom stereocenters. The molecule has 0 spiro atoms. The molecule has 0 aromatic carbocycles. The maximum atomic E-state index is 11.5. The second-order valence-electron chi connectivity index (χ2n) is 4.42. The van der Waals surface area contributed by atoms with Gasteiger partial charge in [0, 0.05) is 6.54 Å². The molecule has 0 heterocycles. The van der Waals surface area contributed by atoms with E-state index < -0.39 is 0 Å². The number of hydrogen-bond acceptors (Lipinski definition) is 3. The average Bonchev–Trinajstić information content (AvgIpc) is 2.33. The van der Waals surface area contributed by atoms with E-state index in [9.17, 15) is 4.79 Å². The second-order valence-corrected chi connectivity index (χ2v) is 4.42. The summed E-state index contributed by atoms with van der Waals surface area (Å²) >= 11 is 0. The highest BCUT2D eigenvalue weighted by atomic mass is 35.5. The first kappa shape index (κ1) is 24.0. The van der Waals surface area contributed by atoms with E-state index in [1.165, 1.54) is 0 Å². The predicted octanol–water partition coefficient (Wildman–Crippen LogP) is 2.20. The number of nitrogens with one attached hydrogen (secondary N) is 1. The van der Waals surface area contributed by atoms with Gasteiger partial charge in [0.15, 0.2) is 0 Å². The maximum absolute atomic E-state index is 11.5. The molecule has 1 amide bonds. The third-order valence-corrected chi connectivity index (χ3v) is 3.03. The van der Waals surface area contributed by atoms with Crippen molar-refractivity contribution in [2.24, 2.45) is 5.73 Å². The van der Waals surface area contributed by atoms with Crippen LogP contribution in [-0.2, 0) is 4.79 Å². The average molecular weight is 316 g/mol. The summed E-state index contributed by atoms with van der Waals surface area (Å²) in [6.45, 7) is 10.5. The van der Waals surface area contributed by atoms with E-state index in [2.05, 4.69) is 24.1 Å². The molecule has 0 aliphatic carbocycles. The number of amides is 1. The molecule has 0 rings (SSSR count). The standard InChI is InChI=1S/C13H29N3O.2ClH/c1-4-9-12(14)13(17)15-10-7-8-11-16(5-2)6-3;;/h12H,4-11,14H2,1-3H3,(H,15,17);2*1H. The van der Waals surface area contributed by atoms with Crippen LogP contribution in [0.25, 0.3) is 0 Å². The van der Waals surface area contributed by atoms with Gasteiger partial charge in [-0.15, -0.1) is 24.8 Å². The lowest BCUT2D eigenvalue weighted by atomic mass is 10.1. The van der Waals surface area contributed by atoms with Gasteiger partial charge in [0.25, 0.3) is 0 Å². The lowest BCUT2D eigenvalue weighted by Gasteiger charge is -2.17. The zero-order valence-electron chi connectivity index (χ0n) is 12.5. The van der Waals surface area contributed by atoms with E-state index in [1.54, 1.807) is 0 Å². The molecule has 0 aliphatic rings. The van der Waals surface area contributed by atoms with Crippen LogP contribution in [0.1, 0.15) is 46.5 Å². The lowest BCUT2D eigenvalue weighted by molar-refractivity contribution is -0.122. The second kappa shape index (κ2) is 16.0. The zero-order chi connectivity index (χ0) is 13.1. The van der Waals surface area contributed by atoms with Gasteiger partial charge in [0.2, 0.25) is 5.91 Å². The molecule has 0 radical (unpaired) electrons. The molecule has 0 bridgehead atoms. The van der Waals surface area contributed by atoms with Gasteiger partial charge in [-0.25, -0.2) is 0 Å². The molecule has 0 saturated carbocycles. The number of carbonyl (C=O) groups is 1. The van der Waals surface area contributed by atoms with E-state index in [1.807, 2.05) is 6.92 Å². The largest absolute Gasteiger partial charge is 0.355 e. The molecule has 6 heteroatoms. The Morgan fingerprint density at radius 3 is 2.21 bits per heavy atom. The highest BCUT2D eigenvalue weighted by molar-refractivity contribution is 5.85. The van der Waals surface area contributed by atoms with Crippen molar-refractivity contribution in [1.29, 1.82) is 0 Å². The highest BCUT2D eigenvalue weighted by Gasteiger charge is 2.10. The number of hydrogen-bond donors (Lipinski definition) is 2. The van der Waals surface area contributed by atoms with Crippen molar-refractivity contribution in [3.05, 3.63) is 0 Å². The fourth-order valence-corrected chi connectivity index (χ4v) is 1.79. The number of carbonyl (C=O) groups excluding carboxylic acids is 1. The van der Waals surface area contributed by atoms with Gasteiger partial charge < -0.3 is 16.0 Å². The van der Waals surface area contributed by atoms with Crippen LogP contribution in [0.3, 0.4) is 0 Å². The van der Waals surface area contributed by atoms with Gasteiger partial charge in [-0.3, -0.25) is 4.79 Å². The van der Waals surface area contributed by atoms with Crippen LogP contribution in [0.15, 0.2) is 0 Å². The SMILES string of the molecule is CCCC(N)C(=O)NCCCCN(CC)CC.Cl.Cl. The van der Waals surface area contributed by atoms with Crippen molar-refractivity contribution in [3.8, 4) is 0 Å². The summed E-state index contributed by atoms with van der Waals surface area (Å²) in [6, 6.07) is -0.331. The van der Waals surface area contributed by atoms with Crippen LogP contribution >= 0.6 is 24.8 Å². The summed E-state index contributed by atoms with van der Waals surface area (Å²) in [6.07, 6.45) is 3.88. The summed E-state index contributed by atoms with van der Waals surface area (Å²) in [7, 11) is 0. The molecule has 0 saturated heterocycles. The molecule has 118 valence electrons. The van der Waals surface area contributed by atoms with Gasteiger partial charge in [-0.05, 0) is 38.9 Å². The molecular weight excluding hydrogens is 285 g/mol. The summed E-state index contributed by atoms with van der Waals surface area (Å²) in [5, 5.41) is 2.89.